The van der Waals surface area contributed by atoms with Gasteiger partial charge in [-0.15, -0.1) is 0 Å². The third-order valence-electron chi connectivity index (χ3n) is 4.10. The van der Waals surface area contributed by atoms with Gasteiger partial charge in [0.25, 0.3) is 0 Å². The van der Waals surface area contributed by atoms with E-state index < -0.39 is 0 Å². The number of nitrogens with one attached hydrogen (secondary N) is 1. The number of nitrogens with two attached hydrogens (primary N) is 1. The fraction of sp³-hybridized carbons (Fsp3) is 0.222. The van der Waals surface area contributed by atoms with Gasteiger partial charge in [-0.3, -0.25) is 0 Å². The molecule has 0 fully saturated rings. The van der Waals surface area contributed by atoms with E-state index in [1.165, 1.54) is 6.07 Å². The highest BCUT2D eigenvalue weighted by molar-refractivity contribution is 6.32. The van der Waals surface area contributed by atoms with Gasteiger partial charge in [0, 0.05) is 23.0 Å². The second kappa shape index (κ2) is 6.60. The molecule has 0 saturated carbocycles. The van der Waals surface area contributed by atoms with Crippen LogP contribution < -0.4 is 10.5 Å². The van der Waals surface area contributed by atoms with E-state index in [-0.39, 0.29) is 11.7 Å². The van der Waals surface area contributed by atoms with Crippen molar-refractivity contribution in [2.24, 2.45) is 5.73 Å². The lowest BCUT2D eigenvalue weighted by atomic mass is 9.91. The molecule has 0 bridgehead atoms. The lowest BCUT2D eigenvalue weighted by molar-refractivity contribution is 0.415. The van der Waals surface area contributed by atoms with Gasteiger partial charge in [-0.2, -0.15) is 0 Å². The normalized spacial score (nSPS) is 12.5. The molecule has 120 valence electrons. The van der Waals surface area contributed by atoms with E-state index in [4.69, 9.17) is 22.1 Å². The van der Waals surface area contributed by atoms with Crippen LogP contribution in [0, 0.1) is 5.82 Å². The maximum atomic E-state index is 13.5. The van der Waals surface area contributed by atoms with E-state index in [0.717, 1.165) is 28.5 Å². The van der Waals surface area contributed by atoms with Crippen LogP contribution in [0.4, 0.5) is 4.39 Å². The summed E-state index contributed by atoms with van der Waals surface area (Å²) < 4.78 is 18.7. The number of benzene rings is 2. The number of halogens is 2. The Balaban J connectivity index is 1.92. The molecule has 3 rings (SSSR count). The molecule has 1 heterocycles. The fourth-order valence-corrected chi connectivity index (χ4v) is 3.17. The summed E-state index contributed by atoms with van der Waals surface area (Å²) in [5.41, 5.74) is 8.97. The number of H-pyrrole nitrogens is 1. The predicted molar refractivity (Wildman–Crippen MR) is 91.8 cm³/mol. The van der Waals surface area contributed by atoms with Gasteiger partial charge in [-0.25, -0.2) is 4.39 Å². The molecule has 0 amide bonds. The van der Waals surface area contributed by atoms with Crippen molar-refractivity contribution in [2.45, 2.75) is 12.3 Å². The number of fused-ring (bicyclic) bond motifs is 1. The van der Waals surface area contributed by atoms with Crippen LogP contribution in [-0.2, 0) is 6.42 Å². The number of aromatic nitrogens is 1. The molecule has 0 aliphatic heterocycles. The minimum absolute atomic E-state index is 0.0787. The first-order valence-corrected chi connectivity index (χ1v) is 7.79. The summed E-state index contributed by atoms with van der Waals surface area (Å²) in [6.45, 7) is 0.465. The van der Waals surface area contributed by atoms with Gasteiger partial charge in [0.1, 0.15) is 11.6 Å². The molecule has 2 aromatic carbocycles. The quantitative estimate of drug-likeness (QED) is 0.733. The van der Waals surface area contributed by atoms with Crippen molar-refractivity contribution in [3.8, 4) is 5.75 Å². The van der Waals surface area contributed by atoms with Crippen molar-refractivity contribution in [3.05, 3.63) is 64.6 Å². The van der Waals surface area contributed by atoms with Gasteiger partial charge < -0.3 is 15.5 Å². The maximum Gasteiger partial charge on any atom is 0.137 e. The number of hydrogen-bond acceptors (Lipinski definition) is 2. The highest BCUT2D eigenvalue weighted by atomic mass is 35.5. The summed E-state index contributed by atoms with van der Waals surface area (Å²) in [4.78, 5) is 3.18. The fourth-order valence-electron chi connectivity index (χ4n) is 2.89. The Labute approximate surface area is 139 Å². The molecule has 0 aliphatic carbocycles. The zero-order valence-corrected chi connectivity index (χ0v) is 13.5. The maximum absolute atomic E-state index is 13.5. The number of methoxy groups -OCH3 is 1. The number of ether oxygens (including phenoxy) is 1. The van der Waals surface area contributed by atoms with E-state index >= 15 is 0 Å². The Morgan fingerprint density at radius 2 is 2.09 bits per heavy atom. The first-order valence-electron chi connectivity index (χ1n) is 7.41. The molecule has 1 atom stereocenters. The van der Waals surface area contributed by atoms with Gasteiger partial charge >= 0.3 is 0 Å². The summed E-state index contributed by atoms with van der Waals surface area (Å²) in [5.74, 6) is 0.477. The van der Waals surface area contributed by atoms with Gasteiger partial charge in [0.15, 0.2) is 0 Å². The van der Waals surface area contributed by atoms with E-state index in [1.54, 1.807) is 19.2 Å². The lowest BCUT2D eigenvalue weighted by Crippen LogP contribution is -2.14. The monoisotopic (exact) mass is 332 g/mol. The molecule has 3 nitrogen and oxygen atoms in total. The van der Waals surface area contributed by atoms with Crippen molar-refractivity contribution in [3.63, 3.8) is 0 Å². The molecule has 0 saturated heterocycles. The molecule has 5 heteroatoms. The Morgan fingerprint density at radius 3 is 2.78 bits per heavy atom. The van der Waals surface area contributed by atoms with Gasteiger partial charge in [0.2, 0.25) is 0 Å². The highest BCUT2D eigenvalue weighted by Crippen LogP contribution is 2.31. The zero-order valence-electron chi connectivity index (χ0n) is 12.8. The average molecular weight is 333 g/mol. The molecule has 1 aromatic heterocycles. The molecule has 0 spiro atoms. The van der Waals surface area contributed by atoms with Crippen molar-refractivity contribution in [1.29, 1.82) is 0 Å². The van der Waals surface area contributed by atoms with Crippen LogP contribution in [0.2, 0.25) is 5.02 Å². The summed E-state index contributed by atoms with van der Waals surface area (Å²) in [7, 11) is 1.59. The van der Waals surface area contributed by atoms with Crippen LogP contribution >= 0.6 is 11.6 Å². The smallest absolute Gasteiger partial charge is 0.137 e. The number of hydrogen-bond donors (Lipinski definition) is 2. The van der Waals surface area contributed by atoms with Gasteiger partial charge in [0.05, 0.1) is 12.1 Å². The highest BCUT2D eigenvalue weighted by Gasteiger charge is 2.16. The summed E-state index contributed by atoms with van der Waals surface area (Å²) >= 11 is 6.18. The molecule has 3 N–H and O–H groups in total. The Hall–Kier alpha value is -2.04. The van der Waals surface area contributed by atoms with Crippen molar-refractivity contribution in [2.75, 3.05) is 13.7 Å². The second-order valence-electron chi connectivity index (χ2n) is 5.54. The van der Waals surface area contributed by atoms with Crippen molar-refractivity contribution >= 4 is 22.5 Å². The summed E-state index contributed by atoms with van der Waals surface area (Å²) in [5, 5.41) is 1.45. The largest absolute Gasteiger partial charge is 0.495 e. The number of rotatable bonds is 5. The first kappa shape index (κ1) is 15.8. The van der Waals surface area contributed by atoms with Crippen LogP contribution in [0.25, 0.3) is 10.9 Å². The zero-order chi connectivity index (χ0) is 16.4. The van der Waals surface area contributed by atoms with Gasteiger partial charge in [-0.05, 0) is 54.4 Å². The van der Waals surface area contributed by atoms with Crippen LogP contribution in [0.1, 0.15) is 17.0 Å². The third-order valence-corrected chi connectivity index (χ3v) is 4.39. The van der Waals surface area contributed by atoms with Crippen LogP contribution in [0.5, 0.6) is 5.75 Å². The molecule has 1 unspecified atom stereocenters. The molecular formula is C18H18ClFN2O. The molecule has 0 aliphatic rings. The Morgan fingerprint density at radius 1 is 1.26 bits per heavy atom. The van der Waals surface area contributed by atoms with Crippen LogP contribution in [0.3, 0.4) is 0 Å². The second-order valence-corrected chi connectivity index (χ2v) is 5.95. The SMILES string of the molecule is COc1ccc(CC(CN)c2c[nH]c3ccc(F)cc23)cc1Cl. The standard InChI is InChI=1S/C18H18ClFN2O/c1-23-18-5-2-11(7-16(18)19)6-12(9-21)15-10-22-17-4-3-13(20)8-14(15)17/h2-5,7-8,10,12,22H,6,9,21H2,1H3. The topological polar surface area (TPSA) is 51.0 Å². The van der Waals surface area contributed by atoms with E-state index in [0.29, 0.717) is 17.3 Å². The van der Waals surface area contributed by atoms with Crippen LogP contribution in [0.15, 0.2) is 42.6 Å². The Bertz CT molecular complexity index is 831. The Kier molecular flexibility index (Phi) is 4.55. The van der Waals surface area contributed by atoms with Crippen LogP contribution in [-0.4, -0.2) is 18.6 Å². The van der Waals surface area contributed by atoms with Crippen molar-refractivity contribution < 1.29 is 9.13 Å². The van der Waals surface area contributed by atoms with E-state index in [2.05, 4.69) is 4.98 Å². The molecule has 0 radical (unpaired) electrons. The van der Waals surface area contributed by atoms with E-state index in [9.17, 15) is 4.39 Å². The summed E-state index contributed by atoms with van der Waals surface area (Å²) in [6.07, 6.45) is 2.64. The minimum atomic E-state index is -0.249. The predicted octanol–water partition coefficient (Wildman–Crippen LogP) is 4.25. The number of aromatic amines is 1. The lowest BCUT2D eigenvalue weighted by Gasteiger charge is -2.15. The minimum Gasteiger partial charge on any atom is -0.495 e. The van der Waals surface area contributed by atoms with E-state index in [1.807, 2.05) is 24.4 Å². The first-order chi connectivity index (χ1) is 11.1. The molecule has 23 heavy (non-hydrogen) atoms. The molecular weight excluding hydrogens is 315 g/mol. The summed E-state index contributed by atoms with van der Waals surface area (Å²) in [6, 6.07) is 10.4. The average Bonchev–Trinajstić information content (AvgIpc) is 2.95. The third kappa shape index (κ3) is 3.19. The molecule has 3 aromatic rings. The van der Waals surface area contributed by atoms with Gasteiger partial charge in [-0.1, -0.05) is 17.7 Å². The van der Waals surface area contributed by atoms with Crippen molar-refractivity contribution in [1.82, 2.24) is 4.98 Å².